The molecule has 0 saturated heterocycles. The molecule has 1 heterocycles. The Morgan fingerprint density at radius 3 is 1.89 bits per heavy atom. The van der Waals surface area contributed by atoms with Crippen LogP contribution >= 0.6 is 0 Å². The van der Waals surface area contributed by atoms with E-state index < -0.39 is 18.1 Å². The Bertz CT molecular complexity index is 1340. The maximum absolute atomic E-state index is 12.0. The zero-order valence-electron chi connectivity index (χ0n) is 19.5. The second-order valence-corrected chi connectivity index (χ2v) is 8.38. The van der Waals surface area contributed by atoms with Crippen molar-refractivity contribution in [3.05, 3.63) is 131 Å². The fourth-order valence-corrected chi connectivity index (χ4v) is 3.97. The highest BCUT2D eigenvalue weighted by molar-refractivity contribution is 5.97. The minimum absolute atomic E-state index is 0.309. The van der Waals surface area contributed by atoms with E-state index >= 15 is 0 Å². The molecule has 0 unspecified atom stereocenters. The van der Waals surface area contributed by atoms with Crippen LogP contribution in [0.1, 0.15) is 28.4 Å². The SMILES string of the molecule is O=C(O)[C@H]1N=C(c2ccccc2)O[C@@H]1c1ccc(OCc2ccccc2)c(OCc2ccccc2)c1. The molecule has 0 fully saturated rings. The highest BCUT2D eigenvalue weighted by Gasteiger charge is 2.38. The average Bonchev–Trinajstić information content (AvgIpc) is 3.39. The molecule has 6 nitrogen and oxygen atoms in total. The van der Waals surface area contributed by atoms with Gasteiger partial charge in [-0.15, -0.1) is 0 Å². The third-order valence-corrected chi connectivity index (χ3v) is 5.83. The Balaban J connectivity index is 1.42. The number of rotatable bonds is 9. The number of carbonyl (C=O) groups is 1. The topological polar surface area (TPSA) is 77.4 Å². The second kappa shape index (κ2) is 10.8. The number of carboxylic acids is 1. The molecule has 0 radical (unpaired) electrons. The molecule has 4 aromatic rings. The van der Waals surface area contributed by atoms with Crippen LogP contribution in [0.2, 0.25) is 0 Å². The van der Waals surface area contributed by atoms with Crippen molar-refractivity contribution in [1.82, 2.24) is 0 Å². The van der Waals surface area contributed by atoms with E-state index in [0.717, 1.165) is 16.7 Å². The number of nitrogens with zero attached hydrogens (tertiary/aromatic N) is 1. The first-order valence-corrected chi connectivity index (χ1v) is 11.7. The van der Waals surface area contributed by atoms with Gasteiger partial charge in [-0.25, -0.2) is 9.79 Å². The number of benzene rings is 4. The highest BCUT2D eigenvalue weighted by Crippen LogP contribution is 2.37. The van der Waals surface area contributed by atoms with Crippen molar-refractivity contribution >= 4 is 11.9 Å². The molecule has 2 atom stereocenters. The van der Waals surface area contributed by atoms with Crippen molar-refractivity contribution in [1.29, 1.82) is 0 Å². The van der Waals surface area contributed by atoms with Crippen LogP contribution in [-0.4, -0.2) is 23.0 Å². The molecule has 180 valence electrons. The first-order valence-electron chi connectivity index (χ1n) is 11.7. The maximum Gasteiger partial charge on any atom is 0.332 e. The van der Waals surface area contributed by atoms with Crippen LogP contribution in [0.15, 0.2) is 114 Å². The van der Waals surface area contributed by atoms with Crippen LogP contribution in [0, 0.1) is 0 Å². The quantitative estimate of drug-likeness (QED) is 0.328. The molecule has 6 heteroatoms. The molecule has 0 aromatic heterocycles. The molecule has 5 rings (SSSR count). The molecular formula is C30H25NO5. The molecule has 0 spiro atoms. The fourth-order valence-electron chi connectivity index (χ4n) is 3.97. The van der Waals surface area contributed by atoms with Crippen molar-refractivity contribution in [2.24, 2.45) is 4.99 Å². The van der Waals surface area contributed by atoms with Gasteiger partial charge in [-0.2, -0.15) is 0 Å². The summed E-state index contributed by atoms with van der Waals surface area (Å²) in [4.78, 5) is 16.4. The minimum atomic E-state index is -1.07. The van der Waals surface area contributed by atoms with Crippen molar-refractivity contribution in [3.8, 4) is 11.5 Å². The molecule has 1 N–H and O–H groups in total. The van der Waals surface area contributed by atoms with Gasteiger partial charge >= 0.3 is 5.97 Å². The predicted octanol–water partition coefficient (Wildman–Crippen LogP) is 5.82. The lowest BCUT2D eigenvalue weighted by Crippen LogP contribution is -2.23. The van der Waals surface area contributed by atoms with Crippen LogP contribution in [-0.2, 0) is 22.7 Å². The Morgan fingerprint density at radius 1 is 0.750 bits per heavy atom. The smallest absolute Gasteiger partial charge is 0.332 e. The van der Waals surface area contributed by atoms with E-state index in [1.165, 1.54) is 0 Å². The summed E-state index contributed by atoms with van der Waals surface area (Å²) in [5, 5.41) is 9.85. The van der Waals surface area contributed by atoms with E-state index in [-0.39, 0.29) is 0 Å². The van der Waals surface area contributed by atoms with Crippen molar-refractivity contribution in [3.63, 3.8) is 0 Å². The number of carboxylic acid groups (broad SMARTS) is 1. The van der Waals surface area contributed by atoms with Gasteiger partial charge in [-0.1, -0.05) is 84.9 Å². The molecule has 0 saturated carbocycles. The number of ether oxygens (including phenoxy) is 3. The molecule has 0 aliphatic carbocycles. The summed E-state index contributed by atoms with van der Waals surface area (Å²) < 4.78 is 18.3. The first-order chi connectivity index (χ1) is 17.7. The molecule has 36 heavy (non-hydrogen) atoms. The third-order valence-electron chi connectivity index (χ3n) is 5.83. The summed E-state index contributed by atoms with van der Waals surface area (Å²) in [5.74, 6) is 0.326. The second-order valence-electron chi connectivity index (χ2n) is 8.38. The van der Waals surface area contributed by atoms with Gasteiger partial charge in [0.2, 0.25) is 5.90 Å². The Hall–Kier alpha value is -4.58. The van der Waals surface area contributed by atoms with Gasteiger partial charge in [-0.3, -0.25) is 0 Å². The summed E-state index contributed by atoms with van der Waals surface area (Å²) in [6, 6.07) is 33.3. The number of hydrogen-bond donors (Lipinski definition) is 1. The number of aliphatic carboxylic acids is 1. The summed E-state index contributed by atoms with van der Waals surface area (Å²) in [6.45, 7) is 0.715. The van der Waals surface area contributed by atoms with Crippen LogP contribution < -0.4 is 9.47 Å². The lowest BCUT2D eigenvalue weighted by atomic mass is 10.0. The van der Waals surface area contributed by atoms with Gasteiger partial charge in [0.1, 0.15) is 13.2 Å². The zero-order chi connectivity index (χ0) is 24.7. The Labute approximate surface area is 209 Å². The van der Waals surface area contributed by atoms with Gasteiger partial charge in [0.15, 0.2) is 23.6 Å². The lowest BCUT2D eigenvalue weighted by molar-refractivity contribution is -0.140. The summed E-state index contributed by atoms with van der Waals surface area (Å²) in [6.07, 6.45) is -0.792. The van der Waals surface area contributed by atoms with E-state index in [9.17, 15) is 9.90 Å². The van der Waals surface area contributed by atoms with E-state index in [1.807, 2.05) is 91.0 Å². The zero-order valence-corrected chi connectivity index (χ0v) is 19.5. The molecule has 0 amide bonds. The Kier molecular flexibility index (Phi) is 6.94. The molecule has 4 aromatic carbocycles. The predicted molar refractivity (Wildman–Crippen MR) is 136 cm³/mol. The van der Waals surface area contributed by atoms with Crippen LogP contribution in [0.25, 0.3) is 0 Å². The van der Waals surface area contributed by atoms with E-state index in [0.29, 0.717) is 36.2 Å². The van der Waals surface area contributed by atoms with Crippen LogP contribution in [0.3, 0.4) is 0 Å². The lowest BCUT2D eigenvalue weighted by Gasteiger charge is -2.19. The number of aliphatic imine (C=N–C) groups is 1. The van der Waals surface area contributed by atoms with E-state index in [1.54, 1.807) is 18.2 Å². The molecule has 1 aliphatic heterocycles. The third kappa shape index (κ3) is 5.39. The minimum Gasteiger partial charge on any atom is -0.485 e. The van der Waals surface area contributed by atoms with Crippen LogP contribution in [0.4, 0.5) is 0 Å². The normalized spacial score (nSPS) is 16.6. The van der Waals surface area contributed by atoms with Crippen LogP contribution in [0.5, 0.6) is 11.5 Å². The molecule has 1 aliphatic rings. The van der Waals surface area contributed by atoms with Gasteiger partial charge in [-0.05, 0) is 41.0 Å². The van der Waals surface area contributed by atoms with Crippen molar-refractivity contribution in [2.45, 2.75) is 25.4 Å². The fraction of sp³-hybridized carbons (Fsp3) is 0.133. The largest absolute Gasteiger partial charge is 0.485 e. The highest BCUT2D eigenvalue weighted by atomic mass is 16.5. The number of hydrogen-bond acceptors (Lipinski definition) is 5. The van der Waals surface area contributed by atoms with Gasteiger partial charge in [0.25, 0.3) is 0 Å². The molecule has 0 bridgehead atoms. The summed E-state index contributed by atoms with van der Waals surface area (Å²) in [7, 11) is 0. The van der Waals surface area contributed by atoms with Gasteiger partial charge in [0.05, 0.1) is 0 Å². The summed E-state index contributed by atoms with van der Waals surface area (Å²) in [5.41, 5.74) is 3.41. The summed E-state index contributed by atoms with van der Waals surface area (Å²) >= 11 is 0. The Morgan fingerprint density at radius 2 is 1.31 bits per heavy atom. The van der Waals surface area contributed by atoms with Gasteiger partial charge < -0.3 is 19.3 Å². The standard InChI is InChI=1S/C30H25NO5/c32-30(33)27-28(36-29(31-27)23-14-8-3-9-15-23)24-16-17-25(34-19-21-10-4-1-5-11-21)26(18-24)35-20-22-12-6-2-7-13-22/h1-18,27-28H,19-20H2,(H,32,33)/t27-,28+/m0/s1. The molecular weight excluding hydrogens is 454 g/mol. The van der Waals surface area contributed by atoms with E-state index in [4.69, 9.17) is 14.2 Å². The van der Waals surface area contributed by atoms with E-state index in [2.05, 4.69) is 4.99 Å². The average molecular weight is 480 g/mol. The van der Waals surface area contributed by atoms with Gasteiger partial charge in [0, 0.05) is 5.56 Å². The first kappa shape index (κ1) is 23.2. The van der Waals surface area contributed by atoms with Crippen molar-refractivity contribution < 1.29 is 24.1 Å². The monoisotopic (exact) mass is 479 g/mol. The maximum atomic E-state index is 12.0. The van der Waals surface area contributed by atoms with Crippen molar-refractivity contribution in [2.75, 3.05) is 0 Å².